The molecule has 0 spiro atoms. The van der Waals surface area contributed by atoms with Crippen LogP contribution in [-0.4, -0.2) is 25.3 Å². The molecule has 0 bridgehead atoms. The van der Waals surface area contributed by atoms with Crippen LogP contribution in [0, 0.1) is 0 Å². The Bertz CT molecular complexity index is 569. The van der Waals surface area contributed by atoms with E-state index in [0.717, 1.165) is 31.2 Å². The van der Waals surface area contributed by atoms with Crippen LogP contribution in [0.25, 0.3) is 0 Å². The summed E-state index contributed by atoms with van der Waals surface area (Å²) in [6, 6.07) is 4.91. The summed E-state index contributed by atoms with van der Waals surface area (Å²) in [5.41, 5.74) is 0.746. The average molecular weight is 336 g/mol. The van der Waals surface area contributed by atoms with E-state index in [0.29, 0.717) is 11.6 Å². The molecule has 1 aromatic rings. The second-order valence-corrected chi connectivity index (χ2v) is 7.60. The van der Waals surface area contributed by atoms with Crippen molar-refractivity contribution in [2.75, 3.05) is 6.54 Å². The minimum absolute atomic E-state index is 0.122. The monoisotopic (exact) mass is 335 g/mol. The largest absolute Gasteiger partial charge is 0.243 e. The van der Waals surface area contributed by atoms with Crippen molar-refractivity contribution in [2.24, 2.45) is 0 Å². The van der Waals surface area contributed by atoms with Crippen molar-refractivity contribution in [1.29, 1.82) is 0 Å². The van der Waals surface area contributed by atoms with E-state index in [9.17, 15) is 8.42 Å². The molecule has 1 saturated carbocycles. The minimum atomic E-state index is -3.48. The first-order valence-electron chi connectivity index (χ1n) is 6.87. The Hall–Kier alpha value is -0.290. The van der Waals surface area contributed by atoms with Crippen molar-refractivity contribution >= 4 is 33.2 Å². The third kappa shape index (κ3) is 3.14. The number of benzene rings is 1. The molecule has 1 fully saturated rings. The predicted octanol–water partition coefficient (Wildman–Crippen LogP) is 4.03. The standard InChI is InChI=1S/C14H19Cl2NO2S/c1-2-17(12-5-3-4-6-12)20(18,19)13-8-7-11(10-15)14(16)9-13/h7-9,12H,2-6,10H2,1H3. The molecular weight excluding hydrogens is 317 g/mol. The molecule has 0 heterocycles. The highest BCUT2D eigenvalue weighted by atomic mass is 35.5. The van der Waals surface area contributed by atoms with E-state index in [2.05, 4.69) is 0 Å². The van der Waals surface area contributed by atoms with Crippen LogP contribution in [0.15, 0.2) is 23.1 Å². The molecule has 6 heteroatoms. The van der Waals surface area contributed by atoms with Gasteiger partial charge in [0.2, 0.25) is 10.0 Å². The Kier molecular flexibility index (Phi) is 5.35. The number of hydrogen-bond donors (Lipinski definition) is 0. The Morgan fingerprint density at radius 2 is 1.95 bits per heavy atom. The first-order chi connectivity index (χ1) is 9.50. The number of nitrogens with zero attached hydrogens (tertiary/aromatic N) is 1. The Morgan fingerprint density at radius 3 is 2.45 bits per heavy atom. The molecule has 0 atom stereocenters. The third-order valence-corrected chi connectivity index (χ3v) is 6.48. The van der Waals surface area contributed by atoms with E-state index >= 15 is 0 Å². The lowest BCUT2D eigenvalue weighted by molar-refractivity contribution is 0.335. The maximum atomic E-state index is 12.7. The molecule has 0 aliphatic heterocycles. The van der Waals surface area contributed by atoms with Gasteiger partial charge in [-0.2, -0.15) is 4.31 Å². The number of alkyl halides is 1. The zero-order valence-electron chi connectivity index (χ0n) is 11.5. The highest BCUT2D eigenvalue weighted by molar-refractivity contribution is 7.89. The summed E-state index contributed by atoms with van der Waals surface area (Å²) in [5, 5.41) is 0.406. The number of hydrogen-bond acceptors (Lipinski definition) is 2. The predicted molar refractivity (Wildman–Crippen MR) is 82.8 cm³/mol. The SMILES string of the molecule is CCN(C1CCCC1)S(=O)(=O)c1ccc(CCl)c(Cl)c1. The second-order valence-electron chi connectivity index (χ2n) is 5.03. The van der Waals surface area contributed by atoms with Gasteiger partial charge in [0.1, 0.15) is 0 Å². The van der Waals surface area contributed by atoms with Crippen LogP contribution >= 0.6 is 23.2 Å². The molecule has 0 N–H and O–H groups in total. The number of halogens is 2. The maximum absolute atomic E-state index is 12.7. The minimum Gasteiger partial charge on any atom is -0.207 e. The normalized spacial score (nSPS) is 17.0. The van der Waals surface area contributed by atoms with Crippen LogP contribution in [0.4, 0.5) is 0 Å². The fourth-order valence-electron chi connectivity index (χ4n) is 2.75. The molecule has 3 nitrogen and oxygen atoms in total. The van der Waals surface area contributed by atoms with Crippen molar-refractivity contribution in [3.8, 4) is 0 Å². The molecule has 20 heavy (non-hydrogen) atoms. The van der Waals surface area contributed by atoms with Crippen molar-refractivity contribution in [3.05, 3.63) is 28.8 Å². The number of rotatable bonds is 5. The van der Waals surface area contributed by atoms with Gasteiger partial charge in [-0.05, 0) is 30.5 Å². The van der Waals surface area contributed by atoms with Crippen LogP contribution < -0.4 is 0 Å². The van der Waals surface area contributed by atoms with E-state index in [1.54, 1.807) is 16.4 Å². The van der Waals surface area contributed by atoms with Gasteiger partial charge in [-0.1, -0.05) is 37.4 Å². The fourth-order valence-corrected chi connectivity index (χ4v) is 5.08. The average Bonchev–Trinajstić information content (AvgIpc) is 2.93. The van der Waals surface area contributed by atoms with Crippen LogP contribution in [-0.2, 0) is 15.9 Å². The molecule has 1 aromatic carbocycles. The summed E-state index contributed by atoms with van der Waals surface area (Å²) in [5.74, 6) is 0.277. The zero-order valence-corrected chi connectivity index (χ0v) is 13.8. The van der Waals surface area contributed by atoms with E-state index in [1.807, 2.05) is 6.92 Å². The van der Waals surface area contributed by atoms with Crippen LogP contribution in [0.2, 0.25) is 5.02 Å². The quantitative estimate of drug-likeness (QED) is 0.761. The lowest BCUT2D eigenvalue weighted by atomic mass is 10.2. The van der Waals surface area contributed by atoms with Crippen molar-refractivity contribution < 1.29 is 8.42 Å². The van der Waals surface area contributed by atoms with Crippen molar-refractivity contribution in [2.45, 2.75) is 49.4 Å². The maximum Gasteiger partial charge on any atom is 0.243 e. The van der Waals surface area contributed by atoms with Gasteiger partial charge in [0, 0.05) is 23.5 Å². The van der Waals surface area contributed by atoms with Gasteiger partial charge in [-0.15, -0.1) is 11.6 Å². The highest BCUT2D eigenvalue weighted by Crippen LogP contribution is 2.30. The van der Waals surface area contributed by atoms with Crippen LogP contribution in [0.5, 0.6) is 0 Å². The smallest absolute Gasteiger partial charge is 0.207 e. The molecule has 0 radical (unpaired) electrons. The molecule has 0 unspecified atom stereocenters. The van der Waals surface area contributed by atoms with Crippen molar-refractivity contribution in [1.82, 2.24) is 4.31 Å². The topological polar surface area (TPSA) is 37.4 Å². The highest BCUT2D eigenvalue weighted by Gasteiger charge is 2.32. The summed E-state index contributed by atoms with van der Waals surface area (Å²) in [6.45, 7) is 2.37. The molecule has 0 aromatic heterocycles. The summed E-state index contributed by atoms with van der Waals surface area (Å²) in [7, 11) is -3.48. The third-order valence-electron chi connectivity index (χ3n) is 3.82. The van der Waals surface area contributed by atoms with Gasteiger partial charge < -0.3 is 0 Å². The Labute approximate surface area is 130 Å². The van der Waals surface area contributed by atoms with Crippen LogP contribution in [0.1, 0.15) is 38.2 Å². The lowest BCUT2D eigenvalue weighted by Crippen LogP contribution is -2.38. The molecule has 2 rings (SSSR count). The van der Waals surface area contributed by atoms with E-state index in [-0.39, 0.29) is 16.8 Å². The fraction of sp³-hybridized carbons (Fsp3) is 0.571. The Morgan fingerprint density at radius 1 is 1.30 bits per heavy atom. The van der Waals surface area contributed by atoms with Gasteiger partial charge in [-0.3, -0.25) is 0 Å². The zero-order chi connectivity index (χ0) is 14.8. The van der Waals surface area contributed by atoms with E-state index < -0.39 is 10.0 Å². The molecule has 0 saturated heterocycles. The second kappa shape index (κ2) is 6.65. The molecule has 1 aliphatic rings. The van der Waals surface area contributed by atoms with Gasteiger partial charge in [0.25, 0.3) is 0 Å². The lowest BCUT2D eigenvalue weighted by Gasteiger charge is -2.26. The molecule has 0 amide bonds. The van der Waals surface area contributed by atoms with Gasteiger partial charge in [-0.25, -0.2) is 8.42 Å². The van der Waals surface area contributed by atoms with E-state index in [4.69, 9.17) is 23.2 Å². The molecule has 112 valence electrons. The summed E-state index contributed by atoms with van der Waals surface area (Å²) < 4.78 is 27.1. The van der Waals surface area contributed by atoms with Gasteiger partial charge in [0.05, 0.1) is 4.90 Å². The summed E-state index contributed by atoms with van der Waals surface area (Å²) in [4.78, 5) is 0.255. The van der Waals surface area contributed by atoms with Gasteiger partial charge >= 0.3 is 0 Å². The summed E-state index contributed by atoms with van der Waals surface area (Å²) >= 11 is 11.8. The van der Waals surface area contributed by atoms with E-state index in [1.165, 1.54) is 6.07 Å². The summed E-state index contributed by atoms with van der Waals surface area (Å²) in [6.07, 6.45) is 4.09. The first-order valence-corrected chi connectivity index (χ1v) is 9.22. The molecule has 1 aliphatic carbocycles. The number of sulfonamides is 1. The van der Waals surface area contributed by atoms with Gasteiger partial charge in [0.15, 0.2) is 0 Å². The first kappa shape index (κ1) is 16.1. The van der Waals surface area contributed by atoms with Crippen molar-refractivity contribution in [3.63, 3.8) is 0 Å². The Balaban J connectivity index is 2.35. The van der Waals surface area contributed by atoms with Crippen LogP contribution in [0.3, 0.4) is 0 Å². The molecular formula is C14H19Cl2NO2S.